The van der Waals surface area contributed by atoms with Gasteiger partial charge in [0.2, 0.25) is 10.0 Å². The number of sulfonamides is 1. The number of hydrogen-bond donors (Lipinski definition) is 2. The second-order valence-electron chi connectivity index (χ2n) is 6.26. The van der Waals surface area contributed by atoms with Crippen LogP contribution in [0, 0.1) is 0 Å². The minimum absolute atomic E-state index is 0. The molecule has 2 aromatic rings. The number of benzene rings is 2. The quantitative estimate of drug-likeness (QED) is 0.674. The smallest absolute Gasteiger partial charge is 0.255 e. The second kappa shape index (κ2) is 10.4. The van der Waals surface area contributed by atoms with Crippen LogP contribution < -0.4 is 15.8 Å². The minimum Gasteiger partial charge on any atom is -0.492 e. The highest BCUT2D eigenvalue weighted by molar-refractivity contribution is 7.89. The first-order valence-corrected chi connectivity index (χ1v) is 10.0. The van der Waals surface area contributed by atoms with Crippen molar-refractivity contribution in [3.63, 3.8) is 0 Å². The zero-order valence-electron chi connectivity index (χ0n) is 16.1. The lowest BCUT2D eigenvalue weighted by atomic mass is 10.2. The number of amides is 1. The summed E-state index contributed by atoms with van der Waals surface area (Å²) >= 11 is 0. The summed E-state index contributed by atoms with van der Waals surface area (Å²) in [7, 11) is -2.04. The van der Waals surface area contributed by atoms with E-state index in [1.807, 2.05) is 0 Å². The fourth-order valence-electron chi connectivity index (χ4n) is 2.24. The normalized spacial score (nSPS) is 11.2. The number of nitrogens with zero attached hydrogens (tertiary/aromatic N) is 1. The fourth-order valence-corrected chi connectivity index (χ4v) is 3.60. The minimum atomic E-state index is -3.57. The zero-order chi connectivity index (χ0) is 20.0. The Hall–Kier alpha value is -2.13. The van der Waals surface area contributed by atoms with Crippen LogP contribution in [0.1, 0.15) is 24.2 Å². The second-order valence-corrected chi connectivity index (χ2v) is 8.25. The average Bonchev–Trinajstić information content (AvgIpc) is 2.66. The first-order chi connectivity index (χ1) is 12.8. The van der Waals surface area contributed by atoms with Gasteiger partial charge in [0.25, 0.3) is 5.91 Å². The molecule has 0 saturated carbocycles. The van der Waals surface area contributed by atoms with Crippen molar-refractivity contribution in [3.05, 3.63) is 54.1 Å². The summed E-state index contributed by atoms with van der Waals surface area (Å²) in [5.41, 5.74) is 6.36. The Morgan fingerprint density at radius 1 is 1.11 bits per heavy atom. The van der Waals surface area contributed by atoms with Gasteiger partial charge < -0.3 is 15.8 Å². The number of hydrogen-bond acceptors (Lipinski definition) is 5. The van der Waals surface area contributed by atoms with Crippen LogP contribution in [0.3, 0.4) is 0 Å². The Kier molecular flexibility index (Phi) is 8.90. The van der Waals surface area contributed by atoms with Gasteiger partial charge in [0, 0.05) is 30.9 Å². The molecule has 154 valence electrons. The van der Waals surface area contributed by atoms with E-state index in [0.29, 0.717) is 30.2 Å². The zero-order valence-corrected chi connectivity index (χ0v) is 17.7. The summed E-state index contributed by atoms with van der Waals surface area (Å²) < 4.78 is 31.6. The number of ether oxygens (including phenoxy) is 1. The predicted octanol–water partition coefficient (Wildman–Crippen LogP) is 2.73. The number of nitrogens with one attached hydrogen (secondary N) is 1. The first-order valence-electron chi connectivity index (χ1n) is 8.58. The number of carbonyl (C=O) groups excluding carboxylic acids is 1. The van der Waals surface area contributed by atoms with Gasteiger partial charge in [-0.3, -0.25) is 4.79 Å². The van der Waals surface area contributed by atoms with Crippen LogP contribution in [0.4, 0.5) is 5.69 Å². The Balaban J connectivity index is 0.00000392. The van der Waals surface area contributed by atoms with Gasteiger partial charge in [-0.2, -0.15) is 4.31 Å². The summed E-state index contributed by atoms with van der Waals surface area (Å²) in [5, 5.41) is 2.76. The van der Waals surface area contributed by atoms with Gasteiger partial charge in [0.05, 0.1) is 4.90 Å². The SMILES string of the molecule is CC(C)N(C)S(=O)(=O)c1ccc(C(=O)Nc2ccc(OCCN)cc2)cc1.Cl. The number of carbonyl (C=O) groups is 1. The third-order valence-electron chi connectivity index (χ3n) is 4.02. The maximum atomic E-state index is 12.5. The van der Waals surface area contributed by atoms with Crippen molar-refractivity contribution in [1.82, 2.24) is 4.31 Å². The number of halogens is 1. The van der Waals surface area contributed by atoms with Gasteiger partial charge in [-0.25, -0.2) is 8.42 Å². The highest BCUT2D eigenvalue weighted by atomic mass is 35.5. The van der Waals surface area contributed by atoms with Gasteiger partial charge in [0.1, 0.15) is 12.4 Å². The predicted molar refractivity (Wildman–Crippen MR) is 113 cm³/mol. The molecule has 0 aliphatic heterocycles. The number of anilines is 1. The van der Waals surface area contributed by atoms with Crippen LogP contribution in [-0.4, -0.2) is 44.9 Å². The average molecular weight is 428 g/mol. The fraction of sp³-hybridized carbons (Fsp3) is 0.316. The third-order valence-corrected chi connectivity index (χ3v) is 6.07. The van der Waals surface area contributed by atoms with Crippen molar-refractivity contribution >= 4 is 34.0 Å². The molecular formula is C19H26ClN3O4S. The molecule has 0 aliphatic carbocycles. The van der Waals surface area contributed by atoms with Crippen molar-refractivity contribution in [1.29, 1.82) is 0 Å². The lowest BCUT2D eigenvalue weighted by Crippen LogP contribution is -2.33. The van der Waals surface area contributed by atoms with Gasteiger partial charge in [-0.05, 0) is 62.4 Å². The van der Waals surface area contributed by atoms with Crippen molar-refractivity contribution in [2.45, 2.75) is 24.8 Å². The standard InChI is InChI=1S/C19H25N3O4S.ClH/c1-14(2)22(3)27(24,25)18-10-4-15(5-11-18)19(23)21-16-6-8-17(9-7-16)26-13-12-20;/h4-11,14H,12-13,20H2,1-3H3,(H,21,23);1H. The summed E-state index contributed by atoms with van der Waals surface area (Å²) in [6, 6.07) is 12.6. The van der Waals surface area contributed by atoms with Gasteiger partial charge >= 0.3 is 0 Å². The summed E-state index contributed by atoms with van der Waals surface area (Å²) in [6.07, 6.45) is 0. The van der Waals surface area contributed by atoms with E-state index in [1.54, 1.807) is 38.1 Å². The molecule has 7 nitrogen and oxygen atoms in total. The number of nitrogens with two attached hydrogens (primary N) is 1. The first kappa shape index (κ1) is 23.9. The lowest BCUT2D eigenvalue weighted by Gasteiger charge is -2.21. The largest absolute Gasteiger partial charge is 0.492 e. The van der Waals surface area contributed by atoms with Crippen molar-refractivity contribution in [3.8, 4) is 5.75 Å². The maximum absolute atomic E-state index is 12.5. The molecule has 0 unspecified atom stereocenters. The molecule has 0 aromatic heterocycles. The summed E-state index contributed by atoms with van der Waals surface area (Å²) in [5.74, 6) is 0.342. The Morgan fingerprint density at radius 3 is 2.18 bits per heavy atom. The van der Waals surface area contributed by atoms with Crippen LogP contribution in [0.5, 0.6) is 5.75 Å². The van der Waals surface area contributed by atoms with Crippen LogP contribution in [-0.2, 0) is 10.0 Å². The molecule has 0 saturated heterocycles. The molecule has 0 spiro atoms. The third kappa shape index (κ3) is 5.93. The van der Waals surface area contributed by atoms with Gasteiger partial charge in [-0.15, -0.1) is 12.4 Å². The van der Waals surface area contributed by atoms with Crippen molar-refractivity contribution in [2.24, 2.45) is 5.73 Å². The van der Waals surface area contributed by atoms with E-state index >= 15 is 0 Å². The summed E-state index contributed by atoms with van der Waals surface area (Å²) in [4.78, 5) is 12.5. The highest BCUT2D eigenvalue weighted by Gasteiger charge is 2.23. The van der Waals surface area contributed by atoms with Crippen molar-refractivity contribution < 1.29 is 17.9 Å². The summed E-state index contributed by atoms with van der Waals surface area (Å²) in [6.45, 7) is 4.45. The molecule has 2 aromatic carbocycles. The Bertz CT molecular complexity index is 869. The highest BCUT2D eigenvalue weighted by Crippen LogP contribution is 2.19. The molecular weight excluding hydrogens is 402 g/mol. The molecule has 9 heteroatoms. The van der Waals surface area contributed by atoms with E-state index < -0.39 is 10.0 Å². The monoisotopic (exact) mass is 427 g/mol. The van der Waals surface area contributed by atoms with Crippen LogP contribution in [0.15, 0.2) is 53.4 Å². The van der Waals surface area contributed by atoms with Crippen molar-refractivity contribution in [2.75, 3.05) is 25.5 Å². The Morgan fingerprint density at radius 2 is 1.68 bits per heavy atom. The maximum Gasteiger partial charge on any atom is 0.255 e. The molecule has 0 fully saturated rings. The van der Waals surface area contributed by atoms with E-state index in [4.69, 9.17) is 10.5 Å². The molecule has 2 rings (SSSR count). The molecule has 3 N–H and O–H groups in total. The lowest BCUT2D eigenvalue weighted by molar-refractivity contribution is 0.102. The van der Waals surface area contributed by atoms with Crippen LogP contribution in [0.2, 0.25) is 0 Å². The molecule has 0 heterocycles. The molecule has 28 heavy (non-hydrogen) atoms. The molecule has 0 aliphatic rings. The van der Waals surface area contributed by atoms with Crippen LogP contribution in [0.25, 0.3) is 0 Å². The molecule has 0 radical (unpaired) electrons. The van der Waals surface area contributed by atoms with Crippen LogP contribution >= 0.6 is 12.4 Å². The Labute approximate surface area is 172 Å². The van der Waals surface area contributed by atoms with E-state index in [-0.39, 0.29) is 29.3 Å². The molecule has 0 bridgehead atoms. The van der Waals surface area contributed by atoms with E-state index in [9.17, 15) is 13.2 Å². The molecule has 0 atom stereocenters. The van der Waals surface area contributed by atoms with E-state index in [0.717, 1.165) is 0 Å². The molecule has 1 amide bonds. The van der Waals surface area contributed by atoms with E-state index in [1.165, 1.54) is 35.6 Å². The topological polar surface area (TPSA) is 102 Å². The van der Waals surface area contributed by atoms with Gasteiger partial charge in [0.15, 0.2) is 0 Å². The number of rotatable bonds is 8. The van der Waals surface area contributed by atoms with E-state index in [2.05, 4.69) is 5.32 Å². The van der Waals surface area contributed by atoms with Gasteiger partial charge in [-0.1, -0.05) is 0 Å².